The molecule has 1 unspecified atom stereocenters. The quantitative estimate of drug-likeness (QED) is 0.837. The Morgan fingerprint density at radius 1 is 1.50 bits per heavy atom. The molecule has 0 aliphatic heterocycles. The SMILES string of the molecule is Cc1cnc(C(C)Nc2cc(F)c(Cl)cc2N)o1. The highest BCUT2D eigenvalue weighted by atomic mass is 35.5. The summed E-state index contributed by atoms with van der Waals surface area (Å²) in [4.78, 5) is 4.09. The van der Waals surface area contributed by atoms with Crippen molar-refractivity contribution >= 4 is 23.0 Å². The van der Waals surface area contributed by atoms with Crippen molar-refractivity contribution in [1.29, 1.82) is 0 Å². The summed E-state index contributed by atoms with van der Waals surface area (Å²) in [6, 6.07) is 2.40. The molecular weight excluding hydrogens is 257 g/mol. The van der Waals surface area contributed by atoms with Gasteiger partial charge in [0.2, 0.25) is 5.89 Å². The Morgan fingerprint density at radius 3 is 2.83 bits per heavy atom. The highest BCUT2D eigenvalue weighted by Crippen LogP contribution is 2.29. The molecule has 0 radical (unpaired) electrons. The third kappa shape index (κ3) is 2.56. The lowest BCUT2D eigenvalue weighted by molar-refractivity contribution is 0.453. The largest absolute Gasteiger partial charge is 0.444 e. The van der Waals surface area contributed by atoms with Crippen LogP contribution in [-0.2, 0) is 0 Å². The number of hydrogen-bond acceptors (Lipinski definition) is 4. The molecule has 0 spiro atoms. The van der Waals surface area contributed by atoms with Crippen molar-refractivity contribution in [3.05, 3.63) is 40.8 Å². The molecule has 0 saturated carbocycles. The summed E-state index contributed by atoms with van der Waals surface area (Å²) < 4.78 is 18.7. The highest BCUT2D eigenvalue weighted by molar-refractivity contribution is 6.31. The fourth-order valence-corrected chi connectivity index (χ4v) is 1.73. The lowest BCUT2D eigenvalue weighted by atomic mass is 10.2. The average Bonchev–Trinajstić information content (AvgIpc) is 2.73. The van der Waals surface area contributed by atoms with Crippen molar-refractivity contribution in [1.82, 2.24) is 4.98 Å². The number of aryl methyl sites for hydroxylation is 1. The average molecular weight is 270 g/mol. The maximum Gasteiger partial charge on any atom is 0.216 e. The van der Waals surface area contributed by atoms with E-state index >= 15 is 0 Å². The molecule has 0 saturated heterocycles. The van der Waals surface area contributed by atoms with Crippen molar-refractivity contribution in [2.45, 2.75) is 19.9 Å². The number of nitrogens with one attached hydrogen (secondary N) is 1. The number of oxazole rings is 1. The molecule has 1 aromatic carbocycles. The minimum Gasteiger partial charge on any atom is -0.444 e. The summed E-state index contributed by atoms with van der Waals surface area (Å²) >= 11 is 5.63. The number of anilines is 2. The number of hydrogen-bond donors (Lipinski definition) is 2. The topological polar surface area (TPSA) is 64.1 Å². The first-order valence-corrected chi connectivity index (χ1v) is 5.78. The second-order valence-electron chi connectivity index (χ2n) is 4.03. The van der Waals surface area contributed by atoms with Crippen molar-refractivity contribution < 1.29 is 8.81 Å². The lowest BCUT2D eigenvalue weighted by Crippen LogP contribution is -2.09. The molecule has 2 aromatic rings. The van der Waals surface area contributed by atoms with Gasteiger partial charge in [-0.1, -0.05) is 11.6 Å². The zero-order chi connectivity index (χ0) is 13.3. The minimum atomic E-state index is -0.524. The van der Waals surface area contributed by atoms with E-state index in [0.29, 0.717) is 23.0 Å². The first-order valence-electron chi connectivity index (χ1n) is 5.40. The summed E-state index contributed by atoms with van der Waals surface area (Å²) in [6.07, 6.45) is 1.62. The van der Waals surface area contributed by atoms with Crippen LogP contribution in [0.15, 0.2) is 22.7 Å². The minimum absolute atomic E-state index is 0.00216. The Morgan fingerprint density at radius 2 is 2.22 bits per heavy atom. The highest BCUT2D eigenvalue weighted by Gasteiger charge is 2.14. The van der Waals surface area contributed by atoms with Gasteiger partial charge in [0.25, 0.3) is 0 Å². The van der Waals surface area contributed by atoms with Crippen molar-refractivity contribution in [3.8, 4) is 0 Å². The molecule has 2 rings (SSSR count). The number of aromatic nitrogens is 1. The molecule has 3 N–H and O–H groups in total. The van der Waals surface area contributed by atoms with Gasteiger partial charge in [-0.15, -0.1) is 0 Å². The molecule has 0 aliphatic rings. The second-order valence-corrected chi connectivity index (χ2v) is 4.44. The first-order chi connectivity index (χ1) is 8.47. The van der Waals surface area contributed by atoms with Crippen LogP contribution in [0.2, 0.25) is 5.02 Å². The Hall–Kier alpha value is -1.75. The van der Waals surface area contributed by atoms with Crippen molar-refractivity contribution in [3.63, 3.8) is 0 Å². The fourth-order valence-electron chi connectivity index (χ4n) is 1.55. The lowest BCUT2D eigenvalue weighted by Gasteiger charge is -2.14. The number of nitrogens with two attached hydrogens (primary N) is 1. The normalized spacial score (nSPS) is 12.4. The standard InChI is InChI=1S/C12H13ClFN3O/c1-6-5-16-12(18-6)7(2)17-11-4-9(14)8(13)3-10(11)15/h3-5,7,17H,15H2,1-2H3. The molecule has 0 aliphatic carbocycles. The smallest absolute Gasteiger partial charge is 0.216 e. The Balaban J connectivity index is 2.21. The predicted molar refractivity (Wildman–Crippen MR) is 69.1 cm³/mol. The van der Waals surface area contributed by atoms with Gasteiger partial charge in [-0.05, 0) is 19.9 Å². The maximum atomic E-state index is 13.3. The van der Waals surface area contributed by atoms with Gasteiger partial charge in [0.05, 0.1) is 22.6 Å². The van der Waals surface area contributed by atoms with Gasteiger partial charge in [-0.25, -0.2) is 9.37 Å². The molecule has 1 heterocycles. The molecule has 4 nitrogen and oxygen atoms in total. The van der Waals surface area contributed by atoms with E-state index in [2.05, 4.69) is 10.3 Å². The third-order valence-electron chi connectivity index (χ3n) is 2.47. The number of nitrogen functional groups attached to an aromatic ring is 1. The molecule has 18 heavy (non-hydrogen) atoms. The summed E-state index contributed by atoms with van der Waals surface area (Å²) in [5.74, 6) is 0.709. The number of halogens is 2. The van der Waals surface area contributed by atoms with E-state index in [1.165, 1.54) is 12.1 Å². The molecule has 96 valence electrons. The zero-order valence-corrected chi connectivity index (χ0v) is 10.8. The van der Waals surface area contributed by atoms with Gasteiger partial charge in [-0.2, -0.15) is 0 Å². The van der Waals surface area contributed by atoms with Crippen LogP contribution in [0, 0.1) is 12.7 Å². The van der Waals surface area contributed by atoms with Crippen molar-refractivity contribution in [2.24, 2.45) is 0 Å². The number of benzene rings is 1. The van der Waals surface area contributed by atoms with Gasteiger partial charge in [0.15, 0.2) is 0 Å². The Labute approximate surface area is 109 Å². The van der Waals surface area contributed by atoms with Gasteiger partial charge in [-0.3, -0.25) is 0 Å². The Bertz CT molecular complexity index is 570. The van der Waals surface area contributed by atoms with Crippen LogP contribution in [0.3, 0.4) is 0 Å². The molecule has 1 atom stereocenters. The molecule has 0 bridgehead atoms. The number of nitrogens with zero attached hydrogens (tertiary/aromatic N) is 1. The van der Waals surface area contributed by atoms with Gasteiger partial charge in [0, 0.05) is 6.07 Å². The monoisotopic (exact) mass is 269 g/mol. The molecule has 0 amide bonds. The summed E-state index contributed by atoms with van der Waals surface area (Å²) in [6.45, 7) is 3.65. The van der Waals surface area contributed by atoms with E-state index in [-0.39, 0.29) is 11.1 Å². The van der Waals surface area contributed by atoms with E-state index in [9.17, 15) is 4.39 Å². The fraction of sp³-hybridized carbons (Fsp3) is 0.250. The summed E-state index contributed by atoms with van der Waals surface area (Å²) in [7, 11) is 0. The van der Waals surface area contributed by atoms with E-state index in [1.807, 2.05) is 6.92 Å². The van der Waals surface area contributed by atoms with Crippen LogP contribution >= 0.6 is 11.6 Å². The summed E-state index contributed by atoms with van der Waals surface area (Å²) in [5.41, 5.74) is 6.59. The predicted octanol–water partition coefficient (Wildman–Crippen LogP) is 3.53. The first kappa shape index (κ1) is 12.7. The molecule has 0 fully saturated rings. The van der Waals surface area contributed by atoms with Crippen LogP contribution < -0.4 is 11.1 Å². The Kier molecular flexibility index (Phi) is 3.43. The van der Waals surface area contributed by atoms with E-state index < -0.39 is 5.82 Å². The van der Waals surface area contributed by atoms with Crippen LogP contribution in [0.25, 0.3) is 0 Å². The zero-order valence-electron chi connectivity index (χ0n) is 10.00. The van der Waals surface area contributed by atoms with Gasteiger partial charge in [0.1, 0.15) is 17.6 Å². The van der Waals surface area contributed by atoms with Crippen LogP contribution in [-0.4, -0.2) is 4.98 Å². The summed E-state index contributed by atoms with van der Waals surface area (Å²) in [5, 5.41) is 3.03. The van der Waals surface area contributed by atoms with Crippen LogP contribution in [0.4, 0.5) is 15.8 Å². The van der Waals surface area contributed by atoms with Crippen molar-refractivity contribution in [2.75, 3.05) is 11.1 Å². The second kappa shape index (κ2) is 4.86. The van der Waals surface area contributed by atoms with Crippen LogP contribution in [0.1, 0.15) is 24.6 Å². The molecular formula is C12H13ClFN3O. The maximum absolute atomic E-state index is 13.3. The van der Waals surface area contributed by atoms with Crippen LogP contribution in [0.5, 0.6) is 0 Å². The molecule has 6 heteroatoms. The van der Waals surface area contributed by atoms with E-state index in [1.54, 1.807) is 13.1 Å². The van der Waals surface area contributed by atoms with E-state index in [4.69, 9.17) is 21.8 Å². The molecule has 1 aromatic heterocycles. The van der Waals surface area contributed by atoms with Gasteiger partial charge >= 0.3 is 0 Å². The third-order valence-corrected chi connectivity index (χ3v) is 2.76. The van der Waals surface area contributed by atoms with Gasteiger partial charge < -0.3 is 15.5 Å². The number of rotatable bonds is 3. The van der Waals surface area contributed by atoms with E-state index in [0.717, 1.165) is 0 Å².